The van der Waals surface area contributed by atoms with E-state index in [0.29, 0.717) is 0 Å². The zero-order valence-corrected chi connectivity index (χ0v) is 10.6. The van der Waals surface area contributed by atoms with Crippen LogP contribution in [0.1, 0.15) is 20.7 Å². The van der Waals surface area contributed by atoms with Crippen LogP contribution in [-0.4, -0.2) is 54.0 Å². The molecule has 2 aromatic carbocycles. The molecule has 0 atom stereocenters. The van der Waals surface area contributed by atoms with Gasteiger partial charge in [0.15, 0.2) is 0 Å². The third kappa shape index (κ3) is 3.25. The van der Waals surface area contributed by atoms with Gasteiger partial charge in [-0.05, 0) is 23.6 Å². The average molecular weight is 304 g/mol. The number of rotatable bonds is 3. The number of hydrogen-bond acceptors (Lipinski definition) is 4. The van der Waals surface area contributed by atoms with E-state index < -0.39 is 32.5 Å². The number of carbonyl (C=O) groups is 2. The fourth-order valence-corrected chi connectivity index (χ4v) is 2.78. The maximum atomic E-state index is 11.4. The Morgan fingerprint density at radius 1 is 0.952 bits per heavy atom. The van der Waals surface area contributed by atoms with Gasteiger partial charge >= 0.3 is 30.8 Å². The Bertz CT molecular complexity index is 842. The van der Waals surface area contributed by atoms with E-state index in [1.54, 1.807) is 0 Å². The van der Waals surface area contributed by atoms with Crippen molar-refractivity contribution in [2.75, 3.05) is 0 Å². The second-order valence-electron chi connectivity index (χ2n) is 3.96. The molecule has 0 bridgehead atoms. The molecule has 9 heteroatoms. The first kappa shape index (κ1) is 17.2. The van der Waals surface area contributed by atoms with Gasteiger partial charge < -0.3 is 10.2 Å². The van der Waals surface area contributed by atoms with Gasteiger partial charge in [-0.3, -0.25) is 4.55 Å². The van der Waals surface area contributed by atoms with Crippen LogP contribution in [0, 0.1) is 0 Å². The molecule has 0 amide bonds. The summed E-state index contributed by atoms with van der Waals surface area (Å²) in [6.07, 6.45) is 0. The molecule has 0 fully saturated rings. The fraction of sp³-hybridized carbons (Fsp3) is 0. The summed E-state index contributed by atoms with van der Waals surface area (Å²) in [5.74, 6) is -2.72. The van der Waals surface area contributed by atoms with E-state index in [-0.39, 0.29) is 35.2 Å². The zero-order chi connectivity index (χ0) is 15.1. The van der Waals surface area contributed by atoms with Crippen molar-refractivity contribution in [2.45, 2.75) is 4.90 Å². The van der Waals surface area contributed by atoms with Gasteiger partial charge in [-0.2, -0.15) is 8.42 Å². The summed E-state index contributed by atoms with van der Waals surface area (Å²) in [6, 6.07) is 5.75. The maximum absolute atomic E-state index is 11.4. The second-order valence-corrected chi connectivity index (χ2v) is 5.32. The number of aromatic carboxylic acids is 2. The summed E-state index contributed by atoms with van der Waals surface area (Å²) >= 11 is 0. The minimum absolute atomic E-state index is 0. The predicted molar refractivity (Wildman–Crippen MR) is 74.8 cm³/mol. The van der Waals surface area contributed by atoms with Crippen LogP contribution in [-0.2, 0) is 10.1 Å². The summed E-state index contributed by atoms with van der Waals surface area (Å²) in [5.41, 5.74) is -0.662. The van der Waals surface area contributed by atoms with Crippen LogP contribution < -0.4 is 0 Å². The predicted octanol–water partition coefficient (Wildman–Crippen LogP) is 0.834. The molecule has 0 saturated carbocycles. The number of fused-ring (bicyclic) bond motifs is 1. The standard InChI is InChI=1S/C12H8O7S.Li.H/c13-11(14)7-2-3-8-6(5-7)1-4-9(12(15)16)10(8)20(17,18)19;;/h1-5H,(H,13,14)(H,15,16)(H,17,18,19);;. The van der Waals surface area contributed by atoms with Crippen molar-refractivity contribution < 1.29 is 32.8 Å². The van der Waals surface area contributed by atoms with Crippen LogP contribution in [0.25, 0.3) is 10.8 Å². The molecule has 7 nitrogen and oxygen atoms in total. The van der Waals surface area contributed by atoms with Crippen molar-refractivity contribution in [3.8, 4) is 0 Å². The number of hydrogen-bond donors (Lipinski definition) is 3. The van der Waals surface area contributed by atoms with Crippen molar-refractivity contribution >= 4 is 51.7 Å². The van der Waals surface area contributed by atoms with E-state index in [4.69, 9.17) is 10.2 Å². The topological polar surface area (TPSA) is 129 Å². The Labute approximate surface area is 131 Å². The summed E-state index contributed by atoms with van der Waals surface area (Å²) in [4.78, 5) is 21.1. The molecule has 21 heavy (non-hydrogen) atoms. The number of benzene rings is 2. The molecule has 0 aliphatic rings. The molecule has 0 spiro atoms. The van der Waals surface area contributed by atoms with E-state index in [1.807, 2.05) is 0 Å². The van der Waals surface area contributed by atoms with E-state index >= 15 is 0 Å². The molecule has 0 unspecified atom stereocenters. The van der Waals surface area contributed by atoms with Gasteiger partial charge in [0.2, 0.25) is 0 Å². The van der Waals surface area contributed by atoms with Gasteiger partial charge in [-0.15, -0.1) is 0 Å². The van der Waals surface area contributed by atoms with E-state index in [0.717, 1.165) is 18.2 Å². The Morgan fingerprint density at radius 3 is 2.05 bits per heavy atom. The summed E-state index contributed by atoms with van der Waals surface area (Å²) in [6.45, 7) is 0. The van der Waals surface area contributed by atoms with Crippen molar-refractivity contribution in [3.05, 3.63) is 41.5 Å². The molecule has 106 valence electrons. The van der Waals surface area contributed by atoms with E-state index in [2.05, 4.69) is 0 Å². The third-order valence-corrected chi connectivity index (χ3v) is 3.66. The van der Waals surface area contributed by atoms with Crippen molar-refractivity contribution in [1.29, 1.82) is 0 Å². The van der Waals surface area contributed by atoms with Crippen LogP contribution in [0.4, 0.5) is 0 Å². The van der Waals surface area contributed by atoms with E-state index in [1.165, 1.54) is 12.1 Å². The van der Waals surface area contributed by atoms with Crippen molar-refractivity contribution in [2.24, 2.45) is 0 Å². The molecule has 3 N–H and O–H groups in total. The Hall–Kier alpha value is -1.85. The van der Waals surface area contributed by atoms with Gasteiger partial charge in [0, 0.05) is 5.39 Å². The van der Waals surface area contributed by atoms with E-state index in [9.17, 15) is 22.6 Å². The molecule has 0 saturated heterocycles. The fourth-order valence-electron chi connectivity index (χ4n) is 1.88. The van der Waals surface area contributed by atoms with Gasteiger partial charge in [-0.1, -0.05) is 12.1 Å². The molecule has 0 radical (unpaired) electrons. The van der Waals surface area contributed by atoms with Crippen LogP contribution in [0.15, 0.2) is 35.2 Å². The minimum atomic E-state index is -4.77. The summed E-state index contributed by atoms with van der Waals surface area (Å²) < 4.78 is 31.9. The number of carboxylic acid groups (broad SMARTS) is 2. The molecular weight excluding hydrogens is 295 g/mol. The first-order valence-corrected chi connectivity index (χ1v) is 6.66. The Kier molecular flexibility index (Phi) is 4.81. The van der Waals surface area contributed by atoms with Gasteiger partial charge in [0.25, 0.3) is 10.1 Å². The van der Waals surface area contributed by atoms with Crippen LogP contribution >= 0.6 is 0 Å². The normalized spacial score (nSPS) is 10.9. The monoisotopic (exact) mass is 304 g/mol. The first-order valence-electron chi connectivity index (χ1n) is 5.22. The molecule has 0 aliphatic carbocycles. The van der Waals surface area contributed by atoms with Crippen molar-refractivity contribution in [1.82, 2.24) is 0 Å². The molecule has 0 aliphatic heterocycles. The number of carboxylic acids is 2. The first-order chi connectivity index (χ1) is 9.21. The zero-order valence-electron chi connectivity index (χ0n) is 9.77. The van der Waals surface area contributed by atoms with Gasteiger partial charge in [-0.25, -0.2) is 9.59 Å². The Morgan fingerprint density at radius 2 is 1.57 bits per heavy atom. The SMILES string of the molecule is O=C(O)c1ccc2c(S(=O)(=O)O)c(C(=O)O)ccc2c1.[LiH]. The van der Waals surface area contributed by atoms with Crippen LogP contribution in [0.3, 0.4) is 0 Å². The van der Waals surface area contributed by atoms with Gasteiger partial charge in [0.05, 0.1) is 11.1 Å². The molecule has 0 aromatic heterocycles. The molecule has 2 rings (SSSR count). The third-order valence-electron chi connectivity index (χ3n) is 2.71. The average Bonchev–Trinajstić information content (AvgIpc) is 2.35. The quantitative estimate of drug-likeness (QED) is 0.565. The van der Waals surface area contributed by atoms with Crippen molar-refractivity contribution in [3.63, 3.8) is 0 Å². The van der Waals surface area contributed by atoms with Gasteiger partial charge in [0.1, 0.15) is 4.90 Å². The Balaban J connectivity index is 0.00000220. The molecule has 0 heterocycles. The summed E-state index contributed by atoms with van der Waals surface area (Å²) in [7, 11) is -4.77. The second kappa shape index (κ2) is 5.87. The summed E-state index contributed by atoms with van der Waals surface area (Å²) in [5, 5.41) is 18.0. The molecule has 2 aromatic rings. The van der Waals surface area contributed by atoms with Crippen LogP contribution in [0.2, 0.25) is 0 Å². The van der Waals surface area contributed by atoms with Crippen LogP contribution in [0.5, 0.6) is 0 Å². The molecular formula is C12H9LiO7S.